The Balaban J connectivity index is 2.19. The molecule has 4 nitrogen and oxygen atoms in total. The van der Waals surface area contributed by atoms with E-state index in [2.05, 4.69) is 0 Å². The summed E-state index contributed by atoms with van der Waals surface area (Å²) in [6, 6.07) is 0.979. The van der Waals surface area contributed by atoms with Gasteiger partial charge >= 0.3 is 24.6 Å². The second kappa shape index (κ2) is 9.65. The van der Waals surface area contributed by atoms with Gasteiger partial charge in [-0.2, -0.15) is 39.5 Å². The molecular weight excluding hydrogens is 531 g/mol. The van der Waals surface area contributed by atoms with Crippen LogP contribution in [0, 0.1) is 0 Å². The van der Waals surface area contributed by atoms with E-state index in [0.717, 1.165) is 17.0 Å². The van der Waals surface area contributed by atoms with Crippen LogP contribution in [0.3, 0.4) is 0 Å². The Morgan fingerprint density at radius 2 is 1.37 bits per heavy atom. The van der Waals surface area contributed by atoms with E-state index < -0.39 is 70.5 Å². The van der Waals surface area contributed by atoms with E-state index in [1.807, 2.05) is 0 Å². The van der Waals surface area contributed by atoms with E-state index in [1.165, 1.54) is 6.92 Å². The zero-order valence-electron chi connectivity index (χ0n) is 20.6. The summed E-state index contributed by atoms with van der Waals surface area (Å²) < 4.78 is 126. The van der Waals surface area contributed by atoms with Gasteiger partial charge in [-0.1, -0.05) is 0 Å². The summed E-state index contributed by atoms with van der Waals surface area (Å²) in [6.45, 7) is 6.27. The van der Waals surface area contributed by atoms with Gasteiger partial charge in [-0.15, -0.1) is 0 Å². The van der Waals surface area contributed by atoms with Gasteiger partial charge in [-0.05, 0) is 81.6 Å². The molecule has 1 heterocycles. The van der Waals surface area contributed by atoms with Crippen LogP contribution in [0.5, 0.6) is 0 Å². The first-order valence-corrected chi connectivity index (χ1v) is 11.4. The van der Waals surface area contributed by atoms with Crippen molar-refractivity contribution in [3.05, 3.63) is 64.2 Å². The quantitative estimate of drug-likeness (QED) is 0.381. The third-order valence-electron chi connectivity index (χ3n) is 6.07. The molecule has 0 aromatic heterocycles. The van der Waals surface area contributed by atoms with Gasteiger partial charge < -0.3 is 10.5 Å². The molecule has 0 bridgehead atoms. The molecule has 3 rings (SSSR count). The molecule has 2 N–H and O–H groups in total. The topological polar surface area (TPSA) is 55.6 Å². The molecule has 38 heavy (non-hydrogen) atoms. The SMILES string of the molecule is C[C@@H]1C[C@@H]([C@@H](N)c2cc(C(F)(F)F)cc(C(F)(F)F)c2)c2cc(C(F)(F)F)ccc2N1C(=O)OC(C)(C)C. The summed E-state index contributed by atoms with van der Waals surface area (Å²) in [4.78, 5) is 14.0. The van der Waals surface area contributed by atoms with E-state index in [4.69, 9.17) is 10.5 Å². The van der Waals surface area contributed by atoms with Gasteiger partial charge in [0.25, 0.3) is 0 Å². The monoisotopic (exact) mass is 556 g/mol. The van der Waals surface area contributed by atoms with Crippen LogP contribution < -0.4 is 10.6 Å². The van der Waals surface area contributed by atoms with Crippen molar-refractivity contribution < 1.29 is 49.0 Å². The maximum absolute atomic E-state index is 13.5. The van der Waals surface area contributed by atoms with Crippen molar-refractivity contribution in [2.24, 2.45) is 5.73 Å². The van der Waals surface area contributed by atoms with Gasteiger partial charge in [-0.25, -0.2) is 4.79 Å². The normalized spacial score (nSPS) is 19.7. The molecule has 1 aliphatic heterocycles. The smallest absolute Gasteiger partial charge is 0.416 e. The Kier molecular flexibility index (Phi) is 7.52. The zero-order chi connectivity index (χ0) is 29.0. The first kappa shape index (κ1) is 29.6. The molecule has 0 unspecified atom stereocenters. The highest BCUT2D eigenvalue weighted by atomic mass is 19.4. The minimum absolute atomic E-state index is 0.0329. The lowest BCUT2D eigenvalue weighted by Crippen LogP contribution is -2.47. The number of rotatable bonds is 2. The molecule has 2 aromatic carbocycles. The number of fused-ring (bicyclic) bond motifs is 1. The van der Waals surface area contributed by atoms with E-state index in [-0.39, 0.29) is 23.7 Å². The van der Waals surface area contributed by atoms with Gasteiger partial charge in [0.2, 0.25) is 0 Å². The molecule has 0 spiro atoms. The first-order chi connectivity index (χ1) is 17.1. The van der Waals surface area contributed by atoms with Crippen LogP contribution in [0.15, 0.2) is 36.4 Å². The summed E-state index contributed by atoms with van der Waals surface area (Å²) in [5.74, 6) is -1.16. The van der Waals surface area contributed by atoms with E-state index in [0.29, 0.717) is 18.2 Å². The number of ether oxygens (including phenoxy) is 1. The van der Waals surface area contributed by atoms with Crippen molar-refractivity contribution in [2.45, 2.75) is 76.2 Å². The number of alkyl halides is 9. The van der Waals surface area contributed by atoms with Crippen LogP contribution >= 0.6 is 0 Å². The zero-order valence-corrected chi connectivity index (χ0v) is 20.6. The van der Waals surface area contributed by atoms with Crippen LogP contribution in [0.4, 0.5) is 50.0 Å². The molecule has 1 amide bonds. The number of carbonyl (C=O) groups excluding carboxylic acids is 1. The third-order valence-corrected chi connectivity index (χ3v) is 6.07. The Hall–Kier alpha value is -2.96. The second-order valence-corrected chi connectivity index (χ2v) is 10.2. The van der Waals surface area contributed by atoms with Crippen molar-refractivity contribution in [2.75, 3.05) is 4.90 Å². The Bertz CT molecular complexity index is 1170. The van der Waals surface area contributed by atoms with Crippen molar-refractivity contribution in [3.8, 4) is 0 Å². The van der Waals surface area contributed by atoms with E-state index >= 15 is 0 Å². The van der Waals surface area contributed by atoms with Gasteiger partial charge in [0.05, 0.1) is 22.4 Å². The molecule has 210 valence electrons. The molecule has 0 fully saturated rings. The lowest BCUT2D eigenvalue weighted by Gasteiger charge is -2.42. The minimum atomic E-state index is -5.13. The third kappa shape index (κ3) is 6.36. The largest absolute Gasteiger partial charge is 0.443 e. The number of benzene rings is 2. The molecular formula is C25H25F9N2O2. The van der Waals surface area contributed by atoms with Crippen molar-refractivity contribution in [1.82, 2.24) is 0 Å². The number of halogens is 9. The average molecular weight is 556 g/mol. The number of nitrogens with two attached hydrogens (primary N) is 1. The Morgan fingerprint density at radius 3 is 1.82 bits per heavy atom. The van der Waals surface area contributed by atoms with Crippen LogP contribution in [0.2, 0.25) is 0 Å². The molecule has 1 aliphatic rings. The number of nitrogens with zero attached hydrogens (tertiary/aromatic N) is 1. The lowest BCUT2D eigenvalue weighted by molar-refractivity contribution is -0.143. The molecule has 13 heteroatoms. The number of carbonyl (C=O) groups is 1. The van der Waals surface area contributed by atoms with Crippen LogP contribution in [-0.4, -0.2) is 17.7 Å². The fourth-order valence-electron chi connectivity index (χ4n) is 4.42. The minimum Gasteiger partial charge on any atom is -0.443 e. The Labute approximate surface area is 212 Å². The van der Waals surface area contributed by atoms with Gasteiger partial charge in [0, 0.05) is 18.0 Å². The molecule has 0 saturated carbocycles. The number of hydrogen-bond donors (Lipinski definition) is 1. The molecule has 0 radical (unpaired) electrons. The number of hydrogen-bond acceptors (Lipinski definition) is 3. The average Bonchev–Trinajstić information content (AvgIpc) is 2.74. The maximum atomic E-state index is 13.5. The summed E-state index contributed by atoms with van der Waals surface area (Å²) in [6.07, 6.45) is -16.1. The summed E-state index contributed by atoms with van der Waals surface area (Å²) in [7, 11) is 0. The van der Waals surface area contributed by atoms with Crippen LogP contribution in [-0.2, 0) is 23.3 Å². The second-order valence-electron chi connectivity index (χ2n) is 10.2. The first-order valence-electron chi connectivity index (χ1n) is 11.4. The molecule has 2 aromatic rings. The maximum Gasteiger partial charge on any atom is 0.416 e. The van der Waals surface area contributed by atoms with Crippen LogP contribution in [0.25, 0.3) is 0 Å². The van der Waals surface area contributed by atoms with Gasteiger partial charge in [0.1, 0.15) is 5.60 Å². The summed E-state index contributed by atoms with van der Waals surface area (Å²) >= 11 is 0. The highest BCUT2D eigenvalue weighted by Gasteiger charge is 2.42. The number of amides is 1. The van der Waals surface area contributed by atoms with Gasteiger partial charge in [0.15, 0.2) is 0 Å². The van der Waals surface area contributed by atoms with E-state index in [1.54, 1.807) is 20.8 Å². The van der Waals surface area contributed by atoms with Crippen molar-refractivity contribution in [1.29, 1.82) is 0 Å². The van der Waals surface area contributed by atoms with Crippen LogP contribution in [0.1, 0.15) is 73.9 Å². The lowest BCUT2D eigenvalue weighted by atomic mass is 9.78. The van der Waals surface area contributed by atoms with Crippen molar-refractivity contribution in [3.63, 3.8) is 0 Å². The highest BCUT2D eigenvalue weighted by molar-refractivity contribution is 5.90. The van der Waals surface area contributed by atoms with Gasteiger partial charge in [-0.3, -0.25) is 4.90 Å². The fraction of sp³-hybridized carbons (Fsp3) is 0.480. The fourth-order valence-corrected chi connectivity index (χ4v) is 4.42. The molecule has 0 saturated heterocycles. The van der Waals surface area contributed by atoms with Crippen molar-refractivity contribution >= 4 is 11.8 Å². The molecule has 0 aliphatic carbocycles. The molecule has 3 atom stereocenters. The van der Waals surface area contributed by atoms with E-state index in [9.17, 15) is 44.3 Å². The Morgan fingerprint density at radius 1 is 0.868 bits per heavy atom. The predicted octanol–water partition coefficient (Wildman–Crippen LogP) is 8.06. The number of anilines is 1. The standard InChI is InChI=1S/C25H25F9N2O2/c1-12-7-18(20(35)13-8-15(24(29,30)31)10-16(9-13)25(32,33)34)17-11-14(23(26,27)28)5-6-19(17)36(12)21(37)38-22(2,3)4/h5-6,8-12,18,20H,7,35H2,1-4H3/t12-,18-,20+/m1/s1. The predicted molar refractivity (Wildman–Crippen MR) is 120 cm³/mol. The highest BCUT2D eigenvalue weighted by Crippen LogP contribution is 2.47. The summed E-state index contributed by atoms with van der Waals surface area (Å²) in [5.41, 5.74) is 0.196. The summed E-state index contributed by atoms with van der Waals surface area (Å²) in [5, 5.41) is 0.